The quantitative estimate of drug-likeness (QED) is 0.362. The molecule has 0 fully saturated rings. The fourth-order valence-electron chi connectivity index (χ4n) is 1.18. The number of nitrogens with zero attached hydrogens (tertiary/aromatic N) is 1. The summed E-state index contributed by atoms with van der Waals surface area (Å²) in [5.74, 6) is 0.167. The van der Waals surface area contributed by atoms with E-state index in [2.05, 4.69) is 9.89 Å². The van der Waals surface area contributed by atoms with Crippen LogP contribution in [0.25, 0.3) is 0 Å². The smallest absolute Gasteiger partial charge is 0.343 e. The van der Waals surface area contributed by atoms with Crippen LogP contribution in [-0.4, -0.2) is 31.1 Å². The van der Waals surface area contributed by atoms with E-state index in [1.807, 2.05) is 6.92 Å². The number of carbonyl (C=O) groups is 1. The number of hydrogen-bond donors (Lipinski definition) is 1. The van der Waals surface area contributed by atoms with Crippen LogP contribution < -0.4 is 4.74 Å². The number of benzene rings is 1. The summed E-state index contributed by atoms with van der Waals surface area (Å²) in [5, 5.41) is 11.3. The third-order valence-electron chi connectivity index (χ3n) is 1.98. The van der Waals surface area contributed by atoms with Gasteiger partial charge in [0.2, 0.25) is 0 Å². The highest BCUT2D eigenvalue weighted by Crippen LogP contribution is 2.18. The number of methoxy groups -OCH3 is 1. The lowest BCUT2D eigenvalue weighted by molar-refractivity contribution is -0.142. The Morgan fingerprint density at radius 3 is 2.88 bits per heavy atom. The molecule has 0 amide bonds. The number of carbonyl (C=O) groups excluding carboxylic acids is 1. The van der Waals surface area contributed by atoms with Crippen molar-refractivity contribution in [1.82, 2.24) is 0 Å². The largest absolute Gasteiger partial charge is 0.482 e. The van der Waals surface area contributed by atoms with Crippen LogP contribution in [0.15, 0.2) is 23.4 Å². The molecule has 0 saturated heterocycles. The van der Waals surface area contributed by atoms with Crippen LogP contribution >= 0.6 is 0 Å². The first-order chi connectivity index (χ1) is 7.67. The number of esters is 1. The predicted octanol–water partition coefficient (Wildman–Crippen LogP) is 1.35. The van der Waals surface area contributed by atoms with Gasteiger partial charge >= 0.3 is 5.97 Å². The maximum atomic E-state index is 10.9. The molecule has 0 aliphatic carbocycles. The van der Waals surface area contributed by atoms with Gasteiger partial charge in [-0.15, -0.1) is 0 Å². The van der Waals surface area contributed by atoms with Gasteiger partial charge in [0.1, 0.15) is 5.75 Å². The van der Waals surface area contributed by atoms with E-state index in [1.165, 1.54) is 13.3 Å². The summed E-state index contributed by atoms with van der Waals surface area (Å²) in [7, 11) is 1.30. The van der Waals surface area contributed by atoms with Crippen LogP contribution in [0.3, 0.4) is 0 Å². The molecule has 0 atom stereocenters. The normalized spacial score (nSPS) is 10.4. The lowest BCUT2D eigenvalue weighted by Gasteiger charge is -2.08. The summed E-state index contributed by atoms with van der Waals surface area (Å²) >= 11 is 0. The van der Waals surface area contributed by atoms with E-state index in [9.17, 15) is 4.79 Å². The summed E-state index contributed by atoms with van der Waals surface area (Å²) in [6.07, 6.45) is 1.32. The molecule has 0 spiro atoms. The van der Waals surface area contributed by atoms with E-state index >= 15 is 0 Å². The van der Waals surface area contributed by atoms with E-state index in [-0.39, 0.29) is 6.61 Å². The first-order valence-electron chi connectivity index (χ1n) is 4.65. The molecule has 0 aliphatic rings. The summed E-state index contributed by atoms with van der Waals surface area (Å²) in [4.78, 5) is 10.9. The van der Waals surface area contributed by atoms with Crippen molar-refractivity contribution < 1.29 is 19.5 Å². The molecule has 0 radical (unpaired) electrons. The second-order valence-corrected chi connectivity index (χ2v) is 3.13. The maximum absolute atomic E-state index is 10.9. The first kappa shape index (κ1) is 12.0. The molecule has 86 valence electrons. The van der Waals surface area contributed by atoms with Gasteiger partial charge in [-0.25, -0.2) is 4.79 Å². The molecule has 0 aromatic heterocycles. The molecule has 1 rings (SSSR count). The number of rotatable bonds is 4. The molecule has 0 bridgehead atoms. The molecule has 0 aliphatic heterocycles. The van der Waals surface area contributed by atoms with Crippen LogP contribution in [0.4, 0.5) is 0 Å². The zero-order valence-electron chi connectivity index (χ0n) is 9.14. The van der Waals surface area contributed by atoms with Gasteiger partial charge in [0.15, 0.2) is 6.61 Å². The highest BCUT2D eigenvalue weighted by Gasteiger charge is 2.04. The maximum Gasteiger partial charge on any atom is 0.343 e. The average molecular weight is 223 g/mol. The van der Waals surface area contributed by atoms with Gasteiger partial charge in [-0.3, -0.25) is 0 Å². The minimum absolute atomic E-state index is 0.120. The topological polar surface area (TPSA) is 68.1 Å². The molecule has 16 heavy (non-hydrogen) atoms. The lowest BCUT2D eigenvalue weighted by atomic mass is 10.1. The van der Waals surface area contributed by atoms with E-state index in [0.717, 1.165) is 11.1 Å². The fraction of sp³-hybridized carbons (Fsp3) is 0.273. The zero-order valence-corrected chi connectivity index (χ0v) is 9.14. The average Bonchev–Trinajstić information content (AvgIpc) is 2.28. The zero-order chi connectivity index (χ0) is 12.0. The minimum Gasteiger partial charge on any atom is -0.482 e. The SMILES string of the molecule is COC(=O)COc1ccc(C=NO)cc1C. The van der Waals surface area contributed by atoms with Gasteiger partial charge in [-0.1, -0.05) is 5.16 Å². The first-order valence-corrected chi connectivity index (χ1v) is 4.65. The molecule has 0 unspecified atom stereocenters. The summed E-state index contributed by atoms with van der Waals surface area (Å²) < 4.78 is 9.70. The number of ether oxygens (including phenoxy) is 2. The van der Waals surface area contributed by atoms with Gasteiger partial charge in [-0.05, 0) is 36.2 Å². The molecule has 0 saturated carbocycles. The number of hydrogen-bond acceptors (Lipinski definition) is 5. The van der Waals surface area contributed by atoms with Crippen LogP contribution in [0, 0.1) is 6.92 Å². The van der Waals surface area contributed by atoms with E-state index < -0.39 is 5.97 Å². The molecule has 5 heteroatoms. The summed E-state index contributed by atoms with van der Waals surface area (Å²) in [6, 6.07) is 5.21. The van der Waals surface area contributed by atoms with Crippen LogP contribution in [0.2, 0.25) is 0 Å². The monoisotopic (exact) mass is 223 g/mol. The Kier molecular flexibility index (Phi) is 4.32. The third kappa shape index (κ3) is 3.27. The Morgan fingerprint density at radius 1 is 1.56 bits per heavy atom. The molecule has 1 aromatic carbocycles. The van der Waals surface area contributed by atoms with Gasteiger partial charge in [0.25, 0.3) is 0 Å². The second-order valence-electron chi connectivity index (χ2n) is 3.13. The number of aryl methyl sites for hydroxylation is 1. The fourth-order valence-corrected chi connectivity index (χ4v) is 1.18. The van der Waals surface area contributed by atoms with E-state index in [1.54, 1.807) is 18.2 Å². The van der Waals surface area contributed by atoms with E-state index in [0.29, 0.717) is 5.75 Å². The minimum atomic E-state index is -0.430. The van der Waals surface area contributed by atoms with Gasteiger partial charge in [0, 0.05) is 0 Å². The van der Waals surface area contributed by atoms with Crippen molar-refractivity contribution in [2.24, 2.45) is 5.16 Å². The standard InChI is InChI=1S/C11H13NO4/c1-8-5-9(6-12-14)3-4-10(8)16-7-11(13)15-2/h3-6,14H,7H2,1-2H3. The van der Waals surface area contributed by atoms with Crippen molar-refractivity contribution in [3.8, 4) is 5.75 Å². The van der Waals surface area contributed by atoms with Crippen molar-refractivity contribution in [3.05, 3.63) is 29.3 Å². The van der Waals surface area contributed by atoms with Crippen molar-refractivity contribution in [1.29, 1.82) is 0 Å². The van der Waals surface area contributed by atoms with Crippen LogP contribution in [0.1, 0.15) is 11.1 Å². The summed E-state index contributed by atoms with van der Waals surface area (Å²) in [6.45, 7) is 1.71. The Balaban J connectivity index is 2.71. The van der Waals surface area contributed by atoms with Gasteiger partial charge in [0.05, 0.1) is 13.3 Å². The lowest BCUT2D eigenvalue weighted by Crippen LogP contribution is -2.13. The van der Waals surface area contributed by atoms with Crippen molar-refractivity contribution in [2.75, 3.05) is 13.7 Å². The number of oxime groups is 1. The van der Waals surface area contributed by atoms with Crippen molar-refractivity contribution in [3.63, 3.8) is 0 Å². The Hall–Kier alpha value is -2.04. The van der Waals surface area contributed by atoms with Crippen LogP contribution in [0.5, 0.6) is 5.75 Å². The van der Waals surface area contributed by atoms with Crippen LogP contribution in [-0.2, 0) is 9.53 Å². The van der Waals surface area contributed by atoms with Crippen molar-refractivity contribution in [2.45, 2.75) is 6.92 Å². The second kappa shape index (κ2) is 5.75. The molecule has 5 nitrogen and oxygen atoms in total. The van der Waals surface area contributed by atoms with Gasteiger partial charge in [-0.2, -0.15) is 0 Å². The van der Waals surface area contributed by atoms with E-state index in [4.69, 9.17) is 9.94 Å². The Bertz CT molecular complexity index is 401. The summed E-state index contributed by atoms with van der Waals surface area (Å²) in [5.41, 5.74) is 1.60. The molecule has 1 aromatic rings. The Labute approximate surface area is 93.3 Å². The van der Waals surface area contributed by atoms with Gasteiger partial charge < -0.3 is 14.7 Å². The molecule has 1 N–H and O–H groups in total. The van der Waals surface area contributed by atoms with Crippen molar-refractivity contribution >= 4 is 12.2 Å². The highest BCUT2D eigenvalue weighted by atomic mass is 16.6. The Morgan fingerprint density at radius 2 is 2.31 bits per heavy atom. The molecule has 0 heterocycles. The third-order valence-corrected chi connectivity index (χ3v) is 1.98. The highest BCUT2D eigenvalue weighted by molar-refractivity contribution is 5.79. The predicted molar refractivity (Wildman–Crippen MR) is 58.1 cm³/mol. The molecular formula is C11H13NO4. The molecular weight excluding hydrogens is 210 g/mol.